The number of nitrogens with one attached hydrogen (secondary N) is 1. The summed E-state index contributed by atoms with van der Waals surface area (Å²) >= 11 is 0. The summed E-state index contributed by atoms with van der Waals surface area (Å²) in [6, 6.07) is 0.488. The Hall–Kier alpha value is -0.120. The third-order valence-corrected chi connectivity index (χ3v) is 3.83. The number of nitrogens with two attached hydrogens (primary N) is 1. The van der Waals surface area contributed by atoms with Crippen molar-refractivity contribution >= 4 is 0 Å². The molecule has 0 aromatic heterocycles. The molecule has 1 fully saturated rings. The highest BCUT2D eigenvalue weighted by Crippen LogP contribution is 2.34. The van der Waals surface area contributed by atoms with Gasteiger partial charge in [0.15, 0.2) is 0 Å². The Kier molecular flexibility index (Phi) is 6.32. The van der Waals surface area contributed by atoms with Crippen LogP contribution in [0.1, 0.15) is 52.9 Å². The van der Waals surface area contributed by atoms with Crippen molar-refractivity contribution in [3.8, 4) is 0 Å². The van der Waals surface area contributed by atoms with E-state index in [1.807, 2.05) is 0 Å². The molecule has 3 nitrogen and oxygen atoms in total. The standard InChI is InChI=1S/C13H28N2O/c1-4-10(3)6-12(15-14)7-11-8-13(9-11)16-5-2/h10-13,15H,4-9,14H2,1-3H3. The lowest BCUT2D eigenvalue weighted by Gasteiger charge is -2.37. The average Bonchev–Trinajstić information content (AvgIpc) is 2.24. The fourth-order valence-corrected chi connectivity index (χ4v) is 2.53. The Balaban J connectivity index is 2.15. The van der Waals surface area contributed by atoms with Gasteiger partial charge in [0.05, 0.1) is 6.10 Å². The molecule has 0 aromatic carbocycles. The molecule has 0 radical (unpaired) electrons. The lowest BCUT2D eigenvalue weighted by molar-refractivity contribution is -0.0296. The fourth-order valence-electron chi connectivity index (χ4n) is 2.53. The maximum Gasteiger partial charge on any atom is 0.0580 e. The van der Waals surface area contributed by atoms with Crippen LogP contribution in [0.15, 0.2) is 0 Å². The van der Waals surface area contributed by atoms with E-state index in [0.29, 0.717) is 12.1 Å². The molecule has 96 valence electrons. The zero-order chi connectivity index (χ0) is 12.0. The van der Waals surface area contributed by atoms with E-state index >= 15 is 0 Å². The molecule has 1 saturated carbocycles. The molecule has 3 heteroatoms. The van der Waals surface area contributed by atoms with Gasteiger partial charge in [0.2, 0.25) is 0 Å². The number of rotatable bonds is 8. The van der Waals surface area contributed by atoms with Gasteiger partial charge in [-0.15, -0.1) is 0 Å². The summed E-state index contributed by atoms with van der Waals surface area (Å²) < 4.78 is 5.57. The van der Waals surface area contributed by atoms with Gasteiger partial charge in [0.1, 0.15) is 0 Å². The third kappa shape index (κ3) is 4.40. The highest BCUT2D eigenvalue weighted by atomic mass is 16.5. The topological polar surface area (TPSA) is 47.3 Å². The molecule has 16 heavy (non-hydrogen) atoms. The van der Waals surface area contributed by atoms with E-state index in [1.54, 1.807) is 0 Å². The van der Waals surface area contributed by atoms with Crippen LogP contribution in [0.3, 0.4) is 0 Å². The summed E-state index contributed by atoms with van der Waals surface area (Å²) in [6.45, 7) is 7.46. The Morgan fingerprint density at radius 3 is 2.56 bits per heavy atom. The minimum Gasteiger partial charge on any atom is -0.378 e. The monoisotopic (exact) mass is 228 g/mol. The molecule has 2 atom stereocenters. The number of ether oxygens (including phenoxy) is 1. The summed E-state index contributed by atoms with van der Waals surface area (Å²) in [7, 11) is 0. The fraction of sp³-hybridized carbons (Fsp3) is 1.00. The second kappa shape index (κ2) is 7.25. The van der Waals surface area contributed by atoms with Crippen LogP contribution in [-0.4, -0.2) is 18.8 Å². The van der Waals surface area contributed by atoms with E-state index in [4.69, 9.17) is 10.6 Å². The summed E-state index contributed by atoms with van der Waals surface area (Å²) in [5.74, 6) is 7.20. The average molecular weight is 228 g/mol. The highest BCUT2D eigenvalue weighted by molar-refractivity contribution is 4.84. The predicted octanol–water partition coefficient (Wildman–Crippen LogP) is 2.46. The van der Waals surface area contributed by atoms with Crippen LogP contribution in [0.25, 0.3) is 0 Å². The lowest BCUT2D eigenvalue weighted by atomic mass is 9.77. The first-order chi connectivity index (χ1) is 7.69. The molecule has 0 heterocycles. The van der Waals surface area contributed by atoms with Gasteiger partial charge in [-0.2, -0.15) is 0 Å². The van der Waals surface area contributed by atoms with Crippen LogP contribution < -0.4 is 11.3 Å². The van der Waals surface area contributed by atoms with Gasteiger partial charge >= 0.3 is 0 Å². The predicted molar refractivity (Wildman–Crippen MR) is 67.9 cm³/mol. The molecule has 0 spiro atoms. The summed E-state index contributed by atoms with van der Waals surface area (Å²) in [6.07, 6.45) is 6.63. The SMILES string of the molecule is CCOC1CC(CC(CC(C)CC)NN)C1. The molecular weight excluding hydrogens is 200 g/mol. The quantitative estimate of drug-likeness (QED) is 0.495. The molecule has 0 aromatic rings. The minimum absolute atomic E-state index is 0.488. The van der Waals surface area contributed by atoms with Gasteiger partial charge in [-0.1, -0.05) is 20.3 Å². The van der Waals surface area contributed by atoms with Gasteiger partial charge in [0, 0.05) is 12.6 Å². The van der Waals surface area contributed by atoms with E-state index in [2.05, 4.69) is 26.2 Å². The van der Waals surface area contributed by atoms with Crippen LogP contribution in [0.5, 0.6) is 0 Å². The van der Waals surface area contributed by atoms with Crippen LogP contribution in [0.4, 0.5) is 0 Å². The van der Waals surface area contributed by atoms with Crippen LogP contribution in [0, 0.1) is 11.8 Å². The normalized spacial score (nSPS) is 28.5. The Morgan fingerprint density at radius 2 is 2.06 bits per heavy atom. The van der Waals surface area contributed by atoms with E-state index in [0.717, 1.165) is 18.4 Å². The van der Waals surface area contributed by atoms with E-state index in [9.17, 15) is 0 Å². The summed E-state index contributed by atoms with van der Waals surface area (Å²) in [5.41, 5.74) is 2.97. The zero-order valence-electron chi connectivity index (χ0n) is 11.0. The Labute approximate surface area is 100 Å². The maximum atomic E-state index is 5.61. The van der Waals surface area contributed by atoms with Gasteiger partial charge in [-0.25, -0.2) is 0 Å². The molecule has 0 bridgehead atoms. The second-order valence-corrected chi connectivity index (χ2v) is 5.26. The summed E-state index contributed by atoms with van der Waals surface area (Å²) in [5, 5.41) is 0. The number of hydrazine groups is 1. The van der Waals surface area contributed by atoms with Gasteiger partial charge < -0.3 is 4.74 Å². The van der Waals surface area contributed by atoms with E-state index in [-0.39, 0.29) is 0 Å². The molecule has 3 N–H and O–H groups in total. The maximum absolute atomic E-state index is 5.61. The molecule has 1 aliphatic carbocycles. The largest absolute Gasteiger partial charge is 0.378 e. The number of hydrogen-bond donors (Lipinski definition) is 2. The molecule has 2 unspecified atom stereocenters. The molecule has 0 aliphatic heterocycles. The van der Waals surface area contributed by atoms with Crippen molar-refractivity contribution < 1.29 is 4.74 Å². The first kappa shape index (κ1) is 13.9. The van der Waals surface area contributed by atoms with Gasteiger partial charge in [-0.05, 0) is 44.4 Å². The molecule has 0 amide bonds. The van der Waals surface area contributed by atoms with Crippen LogP contribution in [0.2, 0.25) is 0 Å². The Bertz CT molecular complexity index is 181. The van der Waals surface area contributed by atoms with Crippen molar-refractivity contribution in [1.82, 2.24) is 5.43 Å². The molecule has 1 aliphatic rings. The molecule has 0 saturated heterocycles. The zero-order valence-corrected chi connectivity index (χ0v) is 11.0. The van der Waals surface area contributed by atoms with Crippen LogP contribution in [-0.2, 0) is 4.74 Å². The highest BCUT2D eigenvalue weighted by Gasteiger charge is 2.31. The van der Waals surface area contributed by atoms with Crippen molar-refractivity contribution in [2.75, 3.05) is 6.61 Å². The van der Waals surface area contributed by atoms with Crippen molar-refractivity contribution in [2.45, 2.75) is 65.0 Å². The first-order valence-corrected chi connectivity index (χ1v) is 6.77. The van der Waals surface area contributed by atoms with Crippen LogP contribution >= 0.6 is 0 Å². The first-order valence-electron chi connectivity index (χ1n) is 6.77. The van der Waals surface area contributed by atoms with Crippen molar-refractivity contribution in [3.63, 3.8) is 0 Å². The Morgan fingerprint density at radius 1 is 1.38 bits per heavy atom. The molecular formula is C13H28N2O. The second-order valence-electron chi connectivity index (χ2n) is 5.26. The van der Waals surface area contributed by atoms with Crippen molar-refractivity contribution in [2.24, 2.45) is 17.7 Å². The van der Waals surface area contributed by atoms with Gasteiger partial charge in [0.25, 0.3) is 0 Å². The minimum atomic E-state index is 0.488. The third-order valence-electron chi connectivity index (χ3n) is 3.83. The van der Waals surface area contributed by atoms with E-state index < -0.39 is 0 Å². The molecule has 1 rings (SSSR count). The van der Waals surface area contributed by atoms with Crippen molar-refractivity contribution in [3.05, 3.63) is 0 Å². The lowest BCUT2D eigenvalue weighted by Crippen LogP contribution is -2.41. The van der Waals surface area contributed by atoms with E-state index in [1.165, 1.54) is 32.1 Å². The number of hydrogen-bond acceptors (Lipinski definition) is 3. The smallest absolute Gasteiger partial charge is 0.0580 e. The van der Waals surface area contributed by atoms with Gasteiger partial charge in [-0.3, -0.25) is 11.3 Å². The summed E-state index contributed by atoms with van der Waals surface area (Å²) in [4.78, 5) is 0. The van der Waals surface area contributed by atoms with Crippen molar-refractivity contribution in [1.29, 1.82) is 0 Å².